The van der Waals surface area contributed by atoms with Gasteiger partial charge in [0.15, 0.2) is 14.1 Å². The van der Waals surface area contributed by atoms with Crippen molar-refractivity contribution in [3.8, 4) is 0 Å². The molecule has 0 unspecified atom stereocenters. The zero-order valence-electron chi connectivity index (χ0n) is 31.1. The highest BCUT2D eigenvalue weighted by molar-refractivity contribution is 6.74. The van der Waals surface area contributed by atoms with Crippen LogP contribution in [0.4, 0.5) is 0 Å². The molecule has 3 rings (SSSR count). The lowest BCUT2D eigenvalue weighted by atomic mass is 10.00. The van der Waals surface area contributed by atoms with Gasteiger partial charge >= 0.3 is 0 Å². The molecule has 1 heterocycles. The highest BCUT2D eigenvalue weighted by Gasteiger charge is 2.50. The molecule has 0 saturated carbocycles. The summed E-state index contributed by atoms with van der Waals surface area (Å²) in [6, 6.07) is 20.8. The third kappa shape index (κ3) is 14.3. The van der Waals surface area contributed by atoms with Crippen LogP contribution in [-0.4, -0.2) is 45.1 Å². The summed E-state index contributed by atoms with van der Waals surface area (Å²) < 4.78 is 27.0. The fourth-order valence-electron chi connectivity index (χ4n) is 5.91. The number of rotatable bonds is 22. The summed E-state index contributed by atoms with van der Waals surface area (Å²) in [6.45, 7) is 19.7. The first kappa shape index (κ1) is 39.6. The molecule has 2 aromatic carbocycles. The molecule has 0 aliphatic carbocycles. The maximum atomic E-state index is 7.17. The van der Waals surface area contributed by atoms with E-state index in [1.807, 2.05) is 19.9 Å². The van der Waals surface area contributed by atoms with Gasteiger partial charge in [-0.1, -0.05) is 152 Å². The largest absolute Gasteiger partial charge is 0.408 e. The summed E-state index contributed by atoms with van der Waals surface area (Å²) in [5, 5.41) is 3.87. The molecular weight excluding hydrogens is 599 g/mol. The van der Waals surface area contributed by atoms with Crippen molar-refractivity contribution in [2.45, 2.75) is 167 Å². The first-order valence-corrected chi connectivity index (χ1v) is 21.4. The molecular formula is C41H67NO4Si. The molecule has 1 N–H and O–H groups in total. The Labute approximate surface area is 289 Å². The van der Waals surface area contributed by atoms with Crippen LogP contribution in [0.1, 0.15) is 117 Å². The van der Waals surface area contributed by atoms with Crippen molar-refractivity contribution < 1.29 is 18.6 Å². The first-order valence-electron chi connectivity index (χ1n) is 18.5. The Bertz CT molecular complexity index is 1130. The van der Waals surface area contributed by atoms with Gasteiger partial charge in [0.2, 0.25) is 0 Å². The molecule has 0 aromatic heterocycles. The van der Waals surface area contributed by atoms with E-state index in [0.29, 0.717) is 13.2 Å². The van der Waals surface area contributed by atoms with Gasteiger partial charge in [-0.05, 0) is 55.9 Å². The lowest BCUT2D eigenvalue weighted by molar-refractivity contribution is -0.154. The summed E-state index contributed by atoms with van der Waals surface area (Å²) in [6.07, 6.45) is 17.0. The molecule has 264 valence electrons. The lowest BCUT2D eigenvalue weighted by Crippen LogP contribution is -2.54. The SMILES string of the molecule is CCCCCCCCCCC/C=C\[C@@H](O[Si](C)(C)C(C)(C)C)[C@H]1OC(C)(C)O[C@H]1[C@H](COCc1ccccc1)NCc1ccccc1. The third-order valence-corrected chi connectivity index (χ3v) is 14.2. The normalized spacial score (nSPS) is 19.7. The fraction of sp³-hybridized carbons (Fsp3) is 0.659. The minimum atomic E-state index is -2.13. The molecule has 5 nitrogen and oxygen atoms in total. The Balaban J connectivity index is 1.75. The van der Waals surface area contributed by atoms with Gasteiger partial charge in [-0.3, -0.25) is 0 Å². The average molecular weight is 666 g/mol. The summed E-state index contributed by atoms with van der Waals surface area (Å²) >= 11 is 0. The van der Waals surface area contributed by atoms with Crippen LogP contribution in [0.2, 0.25) is 18.1 Å². The molecule has 2 aromatic rings. The Morgan fingerprint density at radius 1 is 0.809 bits per heavy atom. The van der Waals surface area contributed by atoms with E-state index in [-0.39, 0.29) is 29.4 Å². The van der Waals surface area contributed by atoms with Crippen LogP contribution in [0, 0.1) is 0 Å². The summed E-state index contributed by atoms with van der Waals surface area (Å²) in [5.41, 5.74) is 2.39. The third-order valence-electron chi connectivity index (χ3n) is 9.74. The molecule has 6 heteroatoms. The average Bonchev–Trinajstić information content (AvgIpc) is 3.36. The second kappa shape index (κ2) is 20.0. The van der Waals surface area contributed by atoms with Crippen LogP contribution in [-0.2, 0) is 31.8 Å². The fourth-order valence-corrected chi connectivity index (χ4v) is 7.16. The van der Waals surface area contributed by atoms with E-state index < -0.39 is 14.1 Å². The quantitative estimate of drug-likeness (QED) is 0.0770. The van der Waals surface area contributed by atoms with E-state index in [2.05, 4.69) is 113 Å². The topological polar surface area (TPSA) is 49.0 Å². The minimum Gasteiger partial charge on any atom is -0.408 e. The van der Waals surface area contributed by atoms with Gasteiger partial charge in [0.05, 0.1) is 25.4 Å². The van der Waals surface area contributed by atoms with Crippen molar-refractivity contribution in [3.63, 3.8) is 0 Å². The zero-order chi connectivity index (χ0) is 34.2. The van der Waals surface area contributed by atoms with Crippen molar-refractivity contribution >= 4 is 8.32 Å². The van der Waals surface area contributed by atoms with Crippen LogP contribution in [0.3, 0.4) is 0 Å². The van der Waals surface area contributed by atoms with E-state index in [0.717, 1.165) is 18.5 Å². The second-order valence-electron chi connectivity index (χ2n) is 15.4. The van der Waals surface area contributed by atoms with E-state index in [9.17, 15) is 0 Å². The molecule has 1 aliphatic rings. The zero-order valence-corrected chi connectivity index (χ0v) is 32.1. The Hall–Kier alpha value is -1.80. The smallest absolute Gasteiger partial charge is 0.193 e. The molecule has 1 aliphatic heterocycles. The minimum absolute atomic E-state index is 0.0739. The maximum absolute atomic E-state index is 7.17. The first-order chi connectivity index (χ1) is 22.4. The van der Waals surface area contributed by atoms with Gasteiger partial charge < -0.3 is 24.0 Å². The number of hydrogen-bond donors (Lipinski definition) is 1. The van der Waals surface area contributed by atoms with Crippen LogP contribution in [0.5, 0.6) is 0 Å². The second-order valence-corrected chi connectivity index (χ2v) is 20.2. The molecule has 1 saturated heterocycles. The summed E-state index contributed by atoms with van der Waals surface area (Å²) in [7, 11) is -2.13. The van der Waals surface area contributed by atoms with Gasteiger partial charge in [-0.25, -0.2) is 0 Å². The summed E-state index contributed by atoms with van der Waals surface area (Å²) in [5.74, 6) is -0.735. The Kier molecular flexibility index (Phi) is 16.9. The van der Waals surface area contributed by atoms with E-state index in [1.54, 1.807) is 0 Å². The Morgan fingerprint density at radius 2 is 1.36 bits per heavy atom. The highest BCUT2D eigenvalue weighted by Crippen LogP contribution is 2.40. The summed E-state index contributed by atoms with van der Waals surface area (Å²) in [4.78, 5) is 0. The number of unbranched alkanes of at least 4 members (excludes halogenated alkanes) is 9. The van der Waals surface area contributed by atoms with Gasteiger partial charge in [0, 0.05) is 6.54 Å². The predicted molar refractivity (Wildman–Crippen MR) is 200 cm³/mol. The van der Waals surface area contributed by atoms with Gasteiger partial charge in [-0.15, -0.1) is 0 Å². The molecule has 4 atom stereocenters. The monoisotopic (exact) mass is 665 g/mol. The van der Waals surface area contributed by atoms with Crippen molar-refractivity contribution in [3.05, 3.63) is 83.9 Å². The van der Waals surface area contributed by atoms with Gasteiger partial charge in [-0.2, -0.15) is 0 Å². The number of allylic oxidation sites excluding steroid dienone is 1. The van der Waals surface area contributed by atoms with Crippen LogP contribution in [0.15, 0.2) is 72.8 Å². The number of ether oxygens (including phenoxy) is 3. The highest BCUT2D eigenvalue weighted by atomic mass is 28.4. The number of benzene rings is 2. The van der Waals surface area contributed by atoms with E-state index in [1.165, 1.54) is 63.4 Å². The van der Waals surface area contributed by atoms with Crippen molar-refractivity contribution in [1.82, 2.24) is 5.32 Å². The van der Waals surface area contributed by atoms with Crippen LogP contribution >= 0.6 is 0 Å². The maximum Gasteiger partial charge on any atom is 0.193 e. The number of nitrogens with one attached hydrogen (secondary N) is 1. The standard InChI is InChI=1S/C41H67NO4Si/c1-9-10-11-12-13-14-15-16-17-18-25-30-37(46-47(7,8)40(2,3)4)39-38(44-41(5,6)45-39)36(42-31-34-26-21-19-22-27-34)33-43-32-35-28-23-20-24-29-35/h19-30,36-39,42H,9-18,31-33H2,1-8H3/b30-25-/t36-,37+,38-,39+/m0/s1. The molecule has 0 spiro atoms. The molecule has 0 bridgehead atoms. The van der Waals surface area contributed by atoms with Gasteiger partial charge in [0.1, 0.15) is 12.2 Å². The van der Waals surface area contributed by atoms with Crippen molar-refractivity contribution in [1.29, 1.82) is 0 Å². The van der Waals surface area contributed by atoms with Gasteiger partial charge in [0.25, 0.3) is 0 Å². The van der Waals surface area contributed by atoms with Crippen LogP contribution in [0.25, 0.3) is 0 Å². The molecule has 0 amide bonds. The van der Waals surface area contributed by atoms with Crippen molar-refractivity contribution in [2.24, 2.45) is 0 Å². The van der Waals surface area contributed by atoms with Crippen molar-refractivity contribution in [2.75, 3.05) is 6.61 Å². The van der Waals surface area contributed by atoms with Crippen LogP contribution < -0.4 is 5.32 Å². The Morgan fingerprint density at radius 3 is 1.96 bits per heavy atom. The van der Waals surface area contributed by atoms with E-state index in [4.69, 9.17) is 18.6 Å². The van der Waals surface area contributed by atoms with E-state index >= 15 is 0 Å². The molecule has 1 fully saturated rings. The molecule has 0 radical (unpaired) electrons. The molecule has 47 heavy (non-hydrogen) atoms. The predicted octanol–water partition coefficient (Wildman–Crippen LogP) is 10.7. The number of hydrogen-bond acceptors (Lipinski definition) is 5. The lowest BCUT2D eigenvalue weighted by Gasteiger charge is -2.41.